The van der Waals surface area contributed by atoms with Crippen LogP contribution in [0.3, 0.4) is 0 Å². The van der Waals surface area contributed by atoms with E-state index in [9.17, 15) is 14.0 Å². The van der Waals surface area contributed by atoms with Crippen molar-refractivity contribution in [3.05, 3.63) is 29.6 Å². The highest BCUT2D eigenvalue weighted by atomic mass is 19.1. The van der Waals surface area contributed by atoms with E-state index in [0.29, 0.717) is 0 Å². The highest BCUT2D eigenvalue weighted by Gasteiger charge is 2.16. The summed E-state index contributed by atoms with van der Waals surface area (Å²) in [5.74, 6) is -2.30. The smallest absolute Gasteiger partial charge is 0.338 e. The van der Waals surface area contributed by atoms with Crippen LogP contribution < -0.4 is 5.32 Å². The molecule has 104 valence electrons. The van der Waals surface area contributed by atoms with Gasteiger partial charge in [-0.3, -0.25) is 0 Å². The molecule has 0 bridgehead atoms. The number of nitrogens with one attached hydrogen (secondary N) is 1. The molecular formula is C12H15FN2O4. The molecule has 6 nitrogen and oxygen atoms in total. The average molecular weight is 270 g/mol. The van der Waals surface area contributed by atoms with Gasteiger partial charge in [0.05, 0.1) is 18.2 Å². The lowest BCUT2D eigenvalue weighted by Gasteiger charge is -2.23. The van der Waals surface area contributed by atoms with E-state index in [-0.39, 0.29) is 18.3 Å². The first-order valence-electron chi connectivity index (χ1n) is 5.54. The van der Waals surface area contributed by atoms with Crippen molar-refractivity contribution in [1.29, 1.82) is 0 Å². The first-order valence-corrected chi connectivity index (χ1v) is 5.54. The fourth-order valence-electron chi connectivity index (χ4n) is 1.30. The van der Waals surface area contributed by atoms with E-state index in [1.165, 1.54) is 18.0 Å². The maximum Gasteiger partial charge on any atom is 0.338 e. The lowest BCUT2D eigenvalue weighted by Crippen LogP contribution is -2.40. The van der Waals surface area contributed by atoms with Gasteiger partial charge in [0.25, 0.3) is 0 Å². The summed E-state index contributed by atoms with van der Waals surface area (Å²) >= 11 is 0. The number of aromatic carboxylic acids is 1. The van der Waals surface area contributed by atoms with Gasteiger partial charge in [-0.15, -0.1) is 0 Å². The van der Waals surface area contributed by atoms with E-state index >= 15 is 0 Å². The SMILES string of the molecule is CC(CO)N(C)C(=O)Nc1ccc(C(=O)O)c(F)c1. The van der Waals surface area contributed by atoms with E-state index in [0.717, 1.165) is 12.1 Å². The molecule has 19 heavy (non-hydrogen) atoms. The predicted molar refractivity (Wildman–Crippen MR) is 66.7 cm³/mol. The Hall–Kier alpha value is -2.15. The number of rotatable bonds is 4. The third kappa shape index (κ3) is 3.65. The monoisotopic (exact) mass is 270 g/mol. The predicted octanol–water partition coefficient (Wildman–Crippen LogP) is 1.37. The first kappa shape index (κ1) is 14.9. The number of halogens is 1. The molecule has 0 saturated heterocycles. The lowest BCUT2D eigenvalue weighted by atomic mass is 10.2. The van der Waals surface area contributed by atoms with Crippen molar-refractivity contribution in [2.45, 2.75) is 13.0 Å². The van der Waals surface area contributed by atoms with E-state index in [4.69, 9.17) is 10.2 Å². The molecule has 0 heterocycles. The highest BCUT2D eigenvalue weighted by Crippen LogP contribution is 2.15. The lowest BCUT2D eigenvalue weighted by molar-refractivity contribution is 0.0692. The Morgan fingerprint density at radius 1 is 1.47 bits per heavy atom. The zero-order chi connectivity index (χ0) is 14.6. The van der Waals surface area contributed by atoms with Gasteiger partial charge in [-0.2, -0.15) is 0 Å². The van der Waals surface area contributed by atoms with Crippen LogP contribution in [0.25, 0.3) is 0 Å². The van der Waals surface area contributed by atoms with Gasteiger partial charge in [-0.25, -0.2) is 14.0 Å². The Bertz CT molecular complexity index is 493. The number of aliphatic hydroxyl groups is 1. The second-order valence-corrected chi connectivity index (χ2v) is 4.07. The number of hydrogen-bond acceptors (Lipinski definition) is 3. The number of carbonyl (C=O) groups is 2. The van der Waals surface area contributed by atoms with Gasteiger partial charge in [0, 0.05) is 12.7 Å². The second-order valence-electron chi connectivity index (χ2n) is 4.07. The van der Waals surface area contributed by atoms with E-state index in [1.54, 1.807) is 6.92 Å². The standard InChI is InChI=1S/C12H15FN2O4/c1-7(6-16)15(2)12(19)14-8-3-4-9(11(17)18)10(13)5-8/h3-5,7,16H,6H2,1-2H3,(H,14,19)(H,17,18). The Morgan fingerprint density at radius 2 is 2.11 bits per heavy atom. The summed E-state index contributed by atoms with van der Waals surface area (Å²) in [6.07, 6.45) is 0. The summed E-state index contributed by atoms with van der Waals surface area (Å²) in [6, 6.07) is 2.39. The number of carbonyl (C=O) groups excluding carboxylic acids is 1. The van der Waals surface area contributed by atoms with Crippen LogP contribution in [0.15, 0.2) is 18.2 Å². The molecule has 1 aromatic rings. The highest BCUT2D eigenvalue weighted by molar-refractivity contribution is 5.91. The molecule has 2 amide bonds. The van der Waals surface area contributed by atoms with Crippen molar-refractivity contribution >= 4 is 17.7 Å². The van der Waals surface area contributed by atoms with Crippen LogP contribution in [0.5, 0.6) is 0 Å². The number of benzene rings is 1. The number of carboxylic acid groups (broad SMARTS) is 1. The Balaban J connectivity index is 2.81. The van der Waals surface area contributed by atoms with E-state index in [1.807, 2.05) is 0 Å². The van der Waals surface area contributed by atoms with E-state index < -0.39 is 23.4 Å². The number of amides is 2. The van der Waals surface area contributed by atoms with Crippen molar-refractivity contribution in [1.82, 2.24) is 4.90 Å². The minimum atomic E-state index is -1.37. The molecule has 0 aliphatic heterocycles. The first-order chi connectivity index (χ1) is 8.86. The topological polar surface area (TPSA) is 89.9 Å². The Labute approximate surface area is 109 Å². The molecule has 1 aromatic carbocycles. The summed E-state index contributed by atoms with van der Waals surface area (Å²) in [5.41, 5.74) is -0.320. The maximum atomic E-state index is 13.4. The van der Waals surface area contributed by atoms with E-state index in [2.05, 4.69) is 5.32 Å². The normalized spacial score (nSPS) is 11.8. The van der Waals surface area contributed by atoms with Gasteiger partial charge in [-0.05, 0) is 25.1 Å². The minimum Gasteiger partial charge on any atom is -0.478 e. The molecule has 0 spiro atoms. The molecule has 0 radical (unpaired) electrons. The molecule has 1 rings (SSSR count). The number of hydrogen-bond donors (Lipinski definition) is 3. The molecule has 1 unspecified atom stereocenters. The number of carboxylic acids is 1. The minimum absolute atomic E-state index is 0.143. The van der Waals surface area contributed by atoms with Gasteiger partial charge in [-0.1, -0.05) is 0 Å². The second kappa shape index (κ2) is 6.14. The van der Waals surface area contributed by atoms with Crippen LogP contribution in [-0.2, 0) is 0 Å². The Kier molecular flexibility index (Phi) is 4.82. The Morgan fingerprint density at radius 3 is 2.58 bits per heavy atom. The van der Waals surface area contributed by atoms with Crippen LogP contribution in [0.1, 0.15) is 17.3 Å². The number of anilines is 1. The number of urea groups is 1. The van der Waals surface area contributed by atoms with Crippen molar-refractivity contribution in [3.63, 3.8) is 0 Å². The number of likely N-dealkylation sites (N-methyl/N-ethyl adjacent to an activating group) is 1. The summed E-state index contributed by atoms with van der Waals surface area (Å²) in [4.78, 5) is 23.6. The molecule has 1 atom stereocenters. The molecule has 0 saturated carbocycles. The number of nitrogens with zero attached hydrogens (tertiary/aromatic N) is 1. The van der Waals surface area contributed by atoms with Crippen LogP contribution >= 0.6 is 0 Å². The van der Waals surface area contributed by atoms with Crippen molar-refractivity contribution in [2.24, 2.45) is 0 Å². The summed E-state index contributed by atoms with van der Waals surface area (Å²) in [7, 11) is 1.48. The summed E-state index contributed by atoms with van der Waals surface area (Å²) < 4.78 is 13.4. The van der Waals surface area contributed by atoms with Gasteiger partial charge >= 0.3 is 12.0 Å². The number of aliphatic hydroxyl groups excluding tert-OH is 1. The van der Waals surface area contributed by atoms with Crippen molar-refractivity contribution in [3.8, 4) is 0 Å². The van der Waals surface area contributed by atoms with Gasteiger partial charge in [0.1, 0.15) is 5.82 Å². The summed E-state index contributed by atoms with van der Waals surface area (Å²) in [6.45, 7) is 1.45. The van der Waals surface area contributed by atoms with Gasteiger partial charge in [0.2, 0.25) is 0 Å². The van der Waals surface area contributed by atoms with Gasteiger partial charge < -0.3 is 20.4 Å². The largest absolute Gasteiger partial charge is 0.478 e. The van der Waals surface area contributed by atoms with Crippen LogP contribution in [0.2, 0.25) is 0 Å². The zero-order valence-electron chi connectivity index (χ0n) is 10.6. The van der Waals surface area contributed by atoms with Crippen LogP contribution in [0, 0.1) is 5.82 Å². The fraction of sp³-hybridized carbons (Fsp3) is 0.333. The quantitative estimate of drug-likeness (QED) is 0.770. The average Bonchev–Trinajstić information content (AvgIpc) is 2.36. The van der Waals surface area contributed by atoms with Gasteiger partial charge in [0.15, 0.2) is 0 Å². The third-order valence-corrected chi connectivity index (χ3v) is 2.70. The van der Waals surface area contributed by atoms with Crippen LogP contribution in [-0.4, -0.2) is 46.8 Å². The molecular weight excluding hydrogens is 255 g/mol. The maximum absolute atomic E-state index is 13.4. The fourth-order valence-corrected chi connectivity index (χ4v) is 1.30. The third-order valence-electron chi connectivity index (χ3n) is 2.70. The molecule has 0 aliphatic carbocycles. The molecule has 0 aromatic heterocycles. The molecule has 0 aliphatic rings. The molecule has 7 heteroatoms. The summed E-state index contributed by atoms with van der Waals surface area (Å²) in [5, 5.41) is 20.0. The van der Waals surface area contributed by atoms with Crippen LogP contribution in [0.4, 0.5) is 14.9 Å². The zero-order valence-corrected chi connectivity index (χ0v) is 10.6. The molecule has 0 fully saturated rings. The molecule has 3 N–H and O–H groups in total. The van der Waals surface area contributed by atoms with Crippen molar-refractivity contribution < 1.29 is 24.2 Å². The van der Waals surface area contributed by atoms with Crippen molar-refractivity contribution in [2.75, 3.05) is 19.0 Å².